The van der Waals surface area contributed by atoms with Crippen molar-refractivity contribution < 1.29 is 0 Å². The number of benzene rings is 4. The summed E-state index contributed by atoms with van der Waals surface area (Å²) in [5.74, 6) is 0. The Morgan fingerprint density at radius 2 is 1.12 bits per heavy atom. The minimum Gasteiger partial charge on any atom is -0.0683 e. The highest BCUT2D eigenvalue weighted by molar-refractivity contribution is 9.11. The smallest absolute Gasteiger partial charge is 0.0265 e. The summed E-state index contributed by atoms with van der Waals surface area (Å²) in [6, 6.07) is 15.8. The second kappa shape index (κ2) is 6.31. The van der Waals surface area contributed by atoms with Crippen LogP contribution in [0.2, 0.25) is 0 Å². The molecule has 0 aromatic heterocycles. The van der Waals surface area contributed by atoms with Crippen LogP contribution < -0.4 is 0 Å². The van der Waals surface area contributed by atoms with Crippen LogP contribution in [-0.4, -0.2) is 0 Å². The minimum absolute atomic E-state index is 0.158. The summed E-state index contributed by atoms with van der Waals surface area (Å²) in [6.07, 6.45) is 0. The van der Waals surface area contributed by atoms with Gasteiger partial charge in [-0.1, -0.05) is 103 Å². The zero-order valence-electron chi connectivity index (χ0n) is 14.8. The molecule has 0 bridgehead atoms. The van der Waals surface area contributed by atoms with Crippen LogP contribution in [0.3, 0.4) is 0 Å². The maximum atomic E-state index is 3.71. The van der Waals surface area contributed by atoms with Crippen LogP contribution in [0.25, 0.3) is 32.3 Å². The van der Waals surface area contributed by atoms with Gasteiger partial charge in [-0.2, -0.15) is 0 Å². The van der Waals surface area contributed by atoms with Gasteiger partial charge in [-0.3, -0.25) is 0 Å². The van der Waals surface area contributed by atoms with E-state index in [0.29, 0.717) is 0 Å². The van der Waals surface area contributed by atoms with Gasteiger partial charge in [-0.05, 0) is 49.4 Å². The Kier molecular flexibility index (Phi) is 4.65. The molecule has 0 aliphatic carbocycles. The summed E-state index contributed by atoms with van der Waals surface area (Å²) < 4.78 is 2.28. The van der Waals surface area contributed by atoms with Crippen LogP contribution in [0.5, 0.6) is 0 Å². The maximum Gasteiger partial charge on any atom is 0.0265 e. The van der Waals surface area contributed by atoms with Gasteiger partial charge in [0.1, 0.15) is 0 Å². The maximum absolute atomic E-state index is 3.71. The van der Waals surface area contributed by atoms with Crippen LogP contribution in [0.1, 0.15) is 40.2 Å². The summed E-state index contributed by atoms with van der Waals surface area (Å²) in [5.41, 5.74) is 1.54. The second-order valence-corrected chi connectivity index (χ2v) is 8.70. The van der Waals surface area contributed by atoms with Gasteiger partial charge in [-0.25, -0.2) is 0 Å². The minimum atomic E-state index is 0.158. The monoisotopic (exact) mass is 444 g/mol. The van der Waals surface area contributed by atoms with Gasteiger partial charge in [0.05, 0.1) is 0 Å². The molecule has 24 heavy (non-hydrogen) atoms. The Morgan fingerprint density at radius 3 is 1.54 bits per heavy atom. The normalized spacial score (nSPS) is 12.0. The van der Waals surface area contributed by atoms with Gasteiger partial charge in [0.25, 0.3) is 0 Å². The molecule has 0 spiro atoms. The third kappa shape index (κ3) is 2.74. The number of halogens is 2. The van der Waals surface area contributed by atoms with E-state index in [-0.39, 0.29) is 5.41 Å². The van der Waals surface area contributed by atoms with Gasteiger partial charge in [-0.15, -0.1) is 0 Å². The SMILES string of the molecule is CC.CC(C)(C)c1cc2ccc3c(Br)cc(Br)c4ccc(c1)c2c34. The molecule has 124 valence electrons. The first kappa shape index (κ1) is 17.7. The third-order valence-electron chi connectivity index (χ3n) is 4.48. The Hall–Kier alpha value is -1.12. The molecule has 0 saturated carbocycles. The predicted molar refractivity (Wildman–Crippen MR) is 116 cm³/mol. The van der Waals surface area contributed by atoms with Gasteiger partial charge < -0.3 is 0 Å². The van der Waals surface area contributed by atoms with Gasteiger partial charge in [0.15, 0.2) is 0 Å². The number of rotatable bonds is 0. The fourth-order valence-corrected chi connectivity index (χ4v) is 4.69. The van der Waals surface area contributed by atoms with E-state index in [4.69, 9.17) is 0 Å². The highest BCUT2D eigenvalue weighted by Crippen LogP contribution is 2.42. The van der Waals surface area contributed by atoms with Crippen LogP contribution in [-0.2, 0) is 5.41 Å². The van der Waals surface area contributed by atoms with Gasteiger partial charge >= 0.3 is 0 Å². The molecule has 4 rings (SSSR count). The van der Waals surface area contributed by atoms with Gasteiger partial charge in [0, 0.05) is 8.95 Å². The second-order valence-electron chi connectivity index (χ2n) is 6.99. The standard InChI is InChI=1S/C20H16Br2.C2H6/c1-20(2,3)13-8-11-4-6-14-16(21)10-17(22)15-7-5-12(9-13)18(11)19(14)15;1-2/h4-10H,1-3H3;1-2H3. The average Bonchev–Trinajstić information content (AvgIpc) is 2.55. The first-order chi connectivity index (χ1) is 11.4. The fraction of sp³-hybridized carbons (Fsp3) is 0.273. The van der Waals surface area contributed by atoms with Crippen molar-refractivity contribution in [2.24, 2.45) is 0 Å². The molecule has 0 heterocycles. The van der Waals surface area contributed by atoms with Gasteiger partial charge in [0.2, 0.25) is 0 Å². The van der Waals surface area contributed by atoms with Crippen molar-refractivity contribution >= 4 is 64.2 Å². The molecule has 0 aliphatic heterocycles. The molecular formula is C22H22Br2. The fourth-order valence-electron chi connectivity index (χ4n) is 3.26. The zero-order valence-corrected chi connectivity index (χ0v) is 18.0. The molecule has 2 heteroatoms. The molecule has 0 amide bonds. The predicted octanol–water partition coefficient (Wildman–Crippen LogP) is 8.43. The molecule has 0 saturated heterocycles. The van der Waals surface area contributed by atoms with E-state index in [1.165, 1.54) is 37.9 Å². The van der Waals surface area contributed by atoms with Crippen LogP contribution in [0, 0.1) is 0 Å². The van der Waals surface area contributed by atoms with Crippen LogP contribution >= 0.6 is 31.9 Å². The molecule has 4 aromatic carbocycles. The highest BCUT2D eigenvalue weighted by Gasteiger charge is 2.18. The van der Waals surface area contributed by atoms with Crippen molar-refractivity contribution in [1.29, 1.82) is 0 Å². The summed E-state index contributed by atoms with van der Waals surface area (Å²) >= 11 is 7.42. The molecule has 0 atom stereocenters. The summed E-state index contributed by atoms with van der Waals surface area (Å²) in [5, 5.41) is 7.91. The lowest BCUT2D eigenvalue weighted by molar-refractivity contribution is 0.591. The van der Waals surface area contributed by atoms with E-state index in [0.717, 1.165) is 8.95 Å². The van der Waals surface area contributed by atoms with Crippen molar-refractivity contribution in [3.63, 3.8) is 0 Å². The van der Waals surface area contributed by atoms with Crippen molar-refractivity contribution in [3.8, 4) is 0 Å². The molecule has 0 fully saturated rings. The zero-order chi connectivity index (χ0) is 17.6. The molecule has 0 N–H and O–H groups in total. The van der Waals surface area contributed by atoms with E-state index in [2.05, 4.69) is 95.1 Å². The van der Waals surface area contributed by atoms with Crippen molar-refractivity contribution in [1.82, 2.24) is 0 Å². The quantitative estimate of drug-likeness (QED) is 0.238. The lowest BCUT2D eigenvalue weighted by Crippen LogP contribution is -2.10. The Balaban J connectivity index is 0.000000815. The summed E-state index contributed by atoms with van der Waals surface area (Å²) in [6.45, 7) is 10.8. The van der Waals surface area contributed by atoms with Crippen molar-refractivity contribution in [2.45, 2.75) is 40.0 Å². The largest absolute Gasteiger partial charge is 0.0683 e. The molecule has 0 radical (unpaired) electrons. The van der Waals surface area contributed by atoms with Crippen molar-refractivity contribution in [2.75, 3.05) is 0 Å². The van der Waals surface area contributed by atoms with Crippen molar-refractivity contribution in [3.05, 3.63) is 57.0 Å². The number of hydrogen-bond acceptors (Lipinski definition) is 0. The third-order valence-corrected chi connectivity index (χ3v) is 5.79. The van der Waals surface area contributed by atoms with E-state index in [1.807, 2.05) is 13.8 Å². The Bertz CT molecular complexity index is 953. The lowest BCUT2D eigenvalue weighted by Gasteiger charge is -2.21. The van der Waals surface area contributed by atoms with E-state index in [1.54, 1.807) is 0 Å². The van der Waals surface area contributed by atoms with E-state index >= 15 is 0 Å². The molecule has 0 nitrogen and oxygen atoms in total. The molecule has 4 aromatic rings. The average molecular weight is 446 g/mol. The molecular weight excluding hydrogens is 424 g/mol. The highest BCUT2D eigenvalue weighted by atomic mass is 79.9. The lowest BCUT2D eigenvalue weighted by atomic mass is 9.83. The molecule has 0 unspecified atom stereocenters. The Morgan fingerprint density at radius 1 is 0.667 bits per heavy atom. The summed E-state index contributed by atoms with van der Waals surface area (Å²) in [4.78, 5) is 0. The van der Waals surface area contributed by atoms with Crippen LogP contribution in [0.15, 0.2) is 51.4 Å². The first-order valence-electron chi connectivity index (χ1n) is 8.43. The van der Waals surface area contributed by atoms with Crippen LogP contribution in [0.4, 0.5) is 0 Å². The van der Waals surface area contributed by atoms with E-state index in [9.17, 15) is 0 Å². The first-order valence-corrected chi connectivity index (χ1v) is 10.0. The molecule has 0 aliphatic rings. The Labute approximate surface area is 160 Å². The summed E-state index contributed by atoms with van der Waals surface area (Å²) in [7, 11) is 0. The topological polar surface area (TPSA) is 0 Å². The van der Waals surface area contributed by atoms with E-state index < -0.39 is 0 Å². The number of hydrogen-bond donors (Lipinski definition) is 0.